The molecule has 124 valence electrons. The Morgan fingerprint density at radius 1 is 1.26 bits per heavy atom. The zero-order valence-corrected chi connectivity index (χ0v) is 13.2. The van der Waals surface area contributed by atoms with Gasteiger partial charge in [0.25, 0.3) is 5.69 Å². The lowest BCUT2D eigenvalue weighted by Crippen LogP contribution is -2.21. The number of nitro groups is 1. The molecule has 0 saturated carbocycles. The third-order valence-electron chi connectivity index (χ3n) is 2.92. The van der Waals surface area contributed by atoms with E-state index in [-0.39, 0.29) is 23.7 Å². The van der Waals surface area contributed by atoms with Crippen molar-refractivity contribution >= 4 is 28.9 Å². The van der Waals surface area contributed by atoms with Crippen LogP contribution in [0.1, 0.15) is 39.5 Å². The summed E-state index contributed by atoms with van der Waals surface area (Å²) < 4.78 is 0. The molecule has 23 heavy (non-hydrogen) atoms. The average Bonchev–Trinajstić information content (AvgIpc) is 2.51. The number of nitrogens with zero attached hydrogens (tertiary/aromatic N) is 2. The van der Waals surface area contributed by atoms with Gasteiger partial charge < -0.3 is 5.32 Å². The number of benzene rings is 1. The van der Waals surface area contributed by atoms with E-state index < -0.39 is 10.8 Å². The highest BCUT2D eigenvalue weighted by molar-refractivity contribution is 6.06. The first-order valence-corrected chi connectivity index (χ1v) is 7.29. The first-order valence-electron chi connectivity index (χ1n) is 7.29. The van der Waals surface area contributed by atoms with Crippen LogP contribution in [0.4, 0.5) is 11.4 Å². The predicted molar refractivity (Wildman–Crippen MR) is 87.1 cm³/mol. The van der Waals surface area contributed by atoms with E-state index in [9.17, 15) is 19.7 Å². The number of carbonyl (C=O) groups excluding carboxylic acids is 2. The highest BCUT2D eigenvalue weighted by atomic mass is 16.6. The minimum Gasteiger partial charge on any atom is -0.320 e. The van der Waals surface area contributed by atoms with Crippen molar-refractivity contribution in [3.63, 3.8) is 0 Å². The maximum atomic E-state index is 11.9. The van der Waals surface area contributed by atoms with E-state index in [1.807, 2.05) is 6.92 Å². The van der Waals surface area contributed by atoms with Gasteiger partial charge in [-0.05, 0) is 19.4 Å². The largest absolute Gasteiger partial charge is 0.320 e. The summed E-state index contributed by atoms with van der Waals surface area (Å²) >= 11 is 0. The SMILES string of the molecule is CCCCC(=O)N/N=C(\C)CC(=O)Nc1ccccc1[N+](=O)[O-]. The Kier molecular flexibility index (Phi) is 7.38. The molecule has 2 amide bonds. The fourth-order valence-electron chi connectivity index (χ4n) is 1.76. The molecule has 8 heteroatoms. The van der Waals surface area contributed by atoms with Gasteiger partial charge in [-0.3, -0.25) is 19.7 Å². The van der Waals surface area contributed by atoms with Crippen LogP contribution >= 0.6 is 0 Å². The van der Waals surface area contributed by atoms with Gasteiger partial charge in [0.05, 0.1) is 11.3 Å². The number of unbranched alkanes of at least 4 members (excludes halogenated alkanes) is 1. The highest BCUT2D eigenvalue weighted by Crippen LogP contribution is 2.23. The van der Waals surface area contributed by atoms with E-state index in [2.05, 4.69) is 15.8 Å². The minimum atomic E-state index is -0.565. The number of rotatable bonds is 8. The molecule has 0 unspecified atom stereocenters. The highest BCUT2D eigenvalue weighted by Gasteiger charge is 2.15. The van der Waals surface area contributed by atoms with Crippen molar-refractivity contribution in [3.05, 3.63) is 34.4 Å². The van der Waals surface area contributed by atoms with Crippen molar-refractivity contribution in [2.75, 3.05) is 5.32 Å². The van der Waals surface area contributed by atoms with Crippen molar-refractivity contribution in [2.24, 2.45) is 5.10 Å². The Bertz CT molecular complexity index is 613. The zero-order valence-electron chi connectivity index (χ0n) is 13.2. The number of carbonyl (C=O) groups is 2. The lowest BCUT2D eigenvalue weighted by molar-refractivity contribution is -0.383. The first kappa shape index (κ1) is 18.3. The van der Waals surface area contributed by atoms with Crippen LogP contribution in [0.5, 0.6) is 0 Å². The Hall–Kier alpha value is -2.77. The lowest BCUT2D eigenvalue weighted by Gasteiger charge is -2.06. The van der Waals surface area contributed by atoms with Gasteiger partial charge in [-0.2, -0.15) is 5.10 Å². The lowest BCUT2D eigenvalue weighted by atomic mass is 10.2. The second-order valence-electron chi connectivity index (χ2n) is 4.98. The zero-order chi connectivity index (χ0) is 17.2. The molecule has 0 saturated heterocycles. The van der Waals surface area contributed by atoms with Gasteiger partial charge in [0, 0.05) is 18.2 Å². The van der Waals surface area contributed by atoms with Crippen LogP contribution in [0.15, 0.2) is 29.4 Å². The topological polar surface area (TPSA) is 114 Å². The van der Waals surface area contributed by atoms with E-state index in [4.69, 9.17) is 0 Å². The summed E-state index contributed by atoms with van der Waals surface area (Å²) in [4.78, 5) is 33.6. The van der Waals surface area contributed by atoms with Gasteiger partial charge in [0.1, 0.15) is 5.69 Å². The van der Waals surface area contributed by atoms with E-state index in [1.165, 1.54) is 18.2 Å². The fraction of sp³-hybridized carbons (Fsp3) is 0.400. The molecule has 1 aromatic carbocycles. The molecular formula is C15H20N4O4. The summed E-state index contributed by atoms with van der Waals surface area (Å²) in [6, 6.07) is 5.88. The van der Waals surface area contributed by atoms with Gasteiger partial charge in [-0.1, -0.05) is 25.5 Å². The minimum absolute atomic E-state index is 0.0693. The maximum absolute atomic E-state index is 11.9. The maximum Gasteiger partial charge on any atom is 0.292 e. The summed E-state index contributed by atoms with van der Waals surface area (Å²) in [6.07, 6.45) is 2.00. The molecule has 0 aliphatic heterocycles. The number of anilines is 1. The van der Waals surface area contributed by atoms with Crippen LogP contribution < -0.4 is 10.7 Å². The number of hydrazone groups is 1. The molecule has 0 heterocycles. The van der Waals surface area contributed by atoms with Crippen LogP contribution in [-0.4, -0.2) is 22.4 Å². The Labute approximate surface area is 134 Å². The number of nitrogens with one attached hydrogen (secondary N) is 2. The van der Waals surface area contributed by atoms with Crippen molar-refractivity contribution in [2.45, 2.75) is 39.5 Å². The molecular weight excluding hydrogens is 300 g/mol. The van der Waals surface area contributed by atoms with E-state index in [0.717, 1.165) is 12.8 Å². The molecule has 0 aliphatic rings. The van der Waals surface area contributed by atoms with E-state index in [1.54, 1.807) is 13.0 Å². The quantitative estimate of drug-likeness (QED) is 0.435. The van der Waals surface area contributed by atoms with E-state index >= 15 is 0 Å². The van der Waals surface area contributed by atoms with Crippen LogP contribution in [0.25, 0.3) is 0 Å². The molecule has 0 fully saturated rings. The normalized spacial score (nSPS) is 11.0. The summed E-state index contributed by atoms with van der Waals surface area (Å²) in [7, 11) is 0. The summed E-state index contributed by atoms with van der Waals surface area (Å²) in [5, 5.41) is 17.2. The standard InChI is InChI=1S/C15H20N4O4/c1-3-4-9-14(20)18-17-11(2)10-15(21)16-12-7-5-6-8-13(12)19(22)23/h5-8H,3-4,9-10H2,1-2H3,(H,16,21)(H,18,20)/b17-11+. The Morgan fingerprint density at radius 2 is 1.96 bits per heavy atom. The van der Waals surface area contributed by atoms with Gasteiger partial charge >= 0.3 is 0 Å². The Morgan fingerprint density at radius 3 is 2.61 bits per heavy atom. The second kappa shape index (κ2) is 9.29. The third kappa shape index (κ3) is 6.68. The first-order chi connectivity index (χ1) is 10.9. The molecule has 0 atom stereocenters. The summed E-state index contributed by atoms with van der Waals surface area (Å²) in [5.74, 6) is -0.645. The van der Waals surface area contributed by atoms with Crippen LogP contribution in [-0.2, 0) is 9.59 Å². The van der Waals surface area contributed by atoms with Crippen LogP contribution in [0.3, 0.4) is 0 Å². The molecule has 0 aliphatic carbocycles. The molecule has 0 radical (unpaired) electrons. The number of nitro benzene ring substituents is 1. The average molecular weight is 320 g/mol. The number of hydrogen-bond donors (Lipinski definition) is 2. The van der Waals surface area contributed by atoms with Crippen molar-refractivity contribution in [3.8, 4) is 0 Å². The molecule has 2 N–H and O–H groups in total. The van der Waals surface area contributed by atoms with Gasteiger partial charge in [0.15, 0.2) is 0 Å². The number of amides is 2. The van der Waals surface area contributed by atoms with Crippen LogP contribution in [0, 0.1) is 10.1 Å². The van der Waals surface area contributed by atoms with Gasteiger partial charge in [-0.25, -0.2) is 5.43 Å². The van der Waals surface area contributed by atoms with Crippen molar-refractivity contribution in [1.29, 1.82) is 0 Å². The predicted octanol–water partition coefficient (Wildman–Crippen LogP) is 2.61. The monoisotopic (exact) mass is 320 g/mol. The van der Waals surface area contributed by atoms with Gasteiger partial charge in [0.2, 0.25) is 11.8 Å². The molecule has 8 nitrogen and oxygen atoms in total. The molecule has 0 spiro atoms. The van der Waals surface area contributed by atoms with Crippen LogP contribution in [0.2, 0.25) is 0 Å². The summed E-state index contributed by atoms with van der Waals surface area (Å²) in [6.45, 7) is 3.58. The second-order valence-corrected chi connectivity index (χ2v) is 4.98. The number of hydrogen-bond acceptors (Lipinski definition) is 5. The summed E-state index contributed by atoms with van der Waals surface area (Å²) in [5.41, 5.74) is 2.73. The molecule has 1 aromatic rings. The fourth-order valence-corrected chi connectivity index (χ4v) is 1.76. The molecule has 0 bridgehead atoms. The van der Waals surface area contributed by atoms with E-state index in [0.29, 0.717) is 12.1 Å². The third-order valence-corrected chi connectivity index (χ3v) is 2.92. The Balaban J connectivity index is 2.56. The molecule has 1 rings (SSSR count). The van der Waals surface area contributed by atoms with Gasteiger partial charge in [-0.15, -0.1) is 0 Å². The van der Waals surface area contributed by atoms with Crippen molar-refractivity contribution < 1.29 is 14.5 Å². The van der Waals surface area contributed by atoms with Crippen molar-refractivity contribution in [1.82, 2.24) is 5.43 Å². The molecule has 0 aromatic heterocycles. The smallest absolute Gasteiger partial charge is 0.292 e. The number of para-hydroxylation sites is 2.